The third-order valence-electron chi connectivity index (χ3n) is 4.35. The average Bonchev–Trinajstić information content (AvgIpc) is 3.02. The van der Waals surface area contributed by atoms with Crippen LogP contribution in [0.2, 0.25) is 0 Å². The number of nitrogens with one attached hydrogen (secondary N) is 1. The number of nitrogens with two attached hydrogens (primary N) is 1. The van der Waals surface area contributed by atoms with Crippen molar-refractivity contribution in [1.29, 1.82) is 0 Å². The Morgan fingerprint density at radius 2 is 2.14 bits per heavy atom. The Bertz CT molecular complexity index is 590. The molecule has 21 heavy (non-hydrogen) atoms. The molecule has 0 unspecified atom stereocenters. The summed E-state index contributed by atoms with van der Waals surface area (Å²) in [5.41, 5.74) is 6.90. The van der Waals surface area contributed by atoms with E-state index in [4.69, 9.17) is 10.5 Å². The molecule has 0 spiro atoms. The van der Waals surface area contributed by atoms with Crippen LogP contribution in [0.15, 0.2) is 0 Å². The number of esters is 1. The largest absolute Gasteiger partial charge is 0.462 e. The first kappa shape index (κ1) is 14.5. The van der Waals surface area contributed by atoms with E-state index in [9.17, 15) is 9.59 Å². The minimum Gasteiger partial charge on any atom is -0.462 e. The molecule has 0 aromatic carbocycles. The van der Waals surface area contributed by atoms with Crippen molar-refractivity contribution in [2.75, 3.05) is 18.5 Å². The third kappa shape index (κ3) is 2.46. The first-order valence-corrected chi connectivity index (χ1v) is 8.26. The molecule has 0 atom stereocenters. The molecule has 0 radical (unpaired) electrons. The fourth-order valence-corrected chi connectivity index (χ4v) is 4.09. The molecule has 1 aromatic heterocycles. The van der Waals surface area contributed by atoms with Gasteiger partial charge in [0.25, 0.3) is 0 Å². The Kier molecular flexibility index (Phi) is 3.75. The van der Waals surface area contributed by atoms with Gasteiger partial charge >= 0.3 is 5.97 Å². The number of amides is 1. The van der Waals surface area contributed by atoms with E-state index in [2.05, 4.69) is 5.32 Å². The van der Waals surface area contributed by atoms with Crippen LogP contribution in [0.3, 0.4) is 0 Å². The van der Waals surface area contributed by atoms with Gasteiger partial charge in [-0.3, -0.25) is 4.79 Å². The van der Waals surface area contributed by atoms with Crippen LogP contribution in [0.4, 0.5) is 5.00 Å². The Morgan fingerprint density at radius 3 is 2.76 bits per heavy atom. The number of carbonyl (C=O) groups is 2. The predicted octanol–water partition coefficient (Wildman–Crippen LogP) is 2.09. The summed E-state index contributed by atoms with van der Waals surface area (Å²) in [6.45, 7) is 2.48. The minimum absolute atomic E-state index is 0.0597. The lowest BCUT2D eigenvalue weighted by Crippen LogP contribution is -2.31. The number of rotatable bonds is 5. The van der Waals surface area contributed by atoms with E-state index in [1.807, 2.05) is 0 Å². The van der Waals surface area contributed by atoms with E-state index in [0.29, 0.717) is 23.7 Å². The molecule has 6 heteroatoms. The lowest BCUT2D eigenvalue weighted by atomic mass is 10.1. The summed E-state index contributed by atoms with van der Waals surface area (Å²) in [4.78, 5) is 25.8. The van der Waals surface area contributed by atoms with Gasteiger partial charge in [0.15, 0.2) is 0 Å². The van der Waals surface area contributed by atoms with Crippen molar-refractivity contribution in [2.45, 2.75) is 39.0 Å². The maximum absolute atomic E-state index is 12.4. The smallest absolute Gasteiger partial charge is 0.341 e. The Hall–Kier alpha value is -1.40. The van der Waals surface area contributed by atoms with Crippen LogP contribution < -0.4 is 11.1 Å². The number of thiophene rings is 1. The molecular weight excluding hydrogens is 288 g/mol. The van der Waals surface area contributed by atoms with Gasteiger partial charge in [-0.1, -0.05) is 0 Å². The van der Waals surface area contributed by atoms with Gasteiger partial charge in [-0.2, -0.15) is 0 Å². The fourth-order valence-electron chi connectivity index (χ4n) is 2.82. The van der Waals surface area contributed by atoms with Gasteiger partial charge in [0, 0.05) is 11.4 Å². The number of aryl methyl sites for hydroxylation is 1. The molecule has 1 heterocycles. The van der Waals surface area contributed by atoms with Crippen molar-refractivity contribution in [3.63, 3.8) is 0 Å². The summed E-state index contributed by atoms with van der Waals surface area (Å²) in [6.07, 6.45) is 4.58. The van der Waals surface area contributed by atoms with E-state index in [0.717, 1.165) is 37.7 Å². The quantitative estimate of drug-likeness (QED) is 0.816. The molecule has 1 amide bonds. The van der Waals surface area contributed by atoms with E-state index in [1.165, 1.54) is 16.2 Å². The van der Waals surface area contributed by atoms with Crippen molar-refractivity contribution in [1.82, 2.24) is 0 Å². The third-order valence-corrected chi connectivity index (χ3v) is 5.56. The normalized spacial score (nSPS) is 18.2. The molecule has 0 aliphatic heterocycles. The Balaban J connectivity index is 1.88. The van der Waals surface area contributed by atoms with E-state index >= 15 is 0 Å². The molecule has 0 saturated heterocycles. The van der Waals surface area contributed by atoms with Crippen LogP contribution in [0.5, 0.6) is 0 Å². The molecule has 114 valence electrons. The molecule has 1 aromatic rings. The van der Waals surface area contributed by atoms with Crippen molar-refractivity contribution in [2.24, 2.45) is 11.1 Å². The monoisotopic (exact) mass is 308 g/mol. The SMILES string of the molecule is CCOC(=O)c1c(NC(=O)C2(CN)CC2)sc2c1CCC2. The molecule has 3 rings (SSSR count). The van der Waals surface area contributed by atoms with Crippen LogP contribution in [-0.2, 0) is 22.4 Å². The number of carbonyl (C=O) groups excluding carboxylic acids is 2. The molecule has 1 fully saturated rings. The van der Waals surface area contributed by atoms with Crippen molar-refractivity contribution >= 4 is 28.2 Å². The van der Waals surface area contributed by atoms with Crippen LogP contribution >= 0.6 is 11.3 Å². The Labute approximate surface area is 127 Å². The second kappa shape index (κ2) is 5.42. The topological polar surface area (TPSA) is 81.4 Å². The molecule has 5 nitrogen and oxygen atoms in total. The zero-order valence-electron chi connectivity index (χ0n) is 12.2. The summed E-state index contributed by atoms with van der Waals surface area (Å²) >= 11 is 1.51. The molecular formula is C15H20N2O3S. The highest BCUT2D eigenvalue weighted by Gasteiger charge is 2.49. The van der Waals surface area contributed by atoms with Gasteiger partial charge in [-0.05, 0) is 44.6 Å². The molecule has 2 aliphatic carbocycles. The zero-order chi connectivity index (χ0) is 15.0. The standard InChI is InChI=1S/C15H20N2O3S/c1-2-20-13(18)11-9-4-3-5-10(9)21-12(11)17-14(19)15(8-16)6-7-15/h2-8,16H2,1H3,(H,17,19). The van der Waals surface area contributed by atoms with Gasteiger partial charge in [-0.15, -0.1) is 11.3 Å². The lowest BCUT2D eigenvalue weighted by Gasteiger charge is -2.13. The maximum atomic E-state index is 12.4. The van der Waals surface area contributed by atoms with Crippen LogP contribution in [0.1, 0.15) is 47.0 Å². The molecule has 1 saturated carbocycles. The minimum atomic E-state index is -0.416. The maximum Gasteiger partial charge on any atom is 0.341 e. The van der Waals surface area contributed by atoms with Gasteiger partial charge in [0.2, 0.25) is 5.91 Å². The first-order chi connectivity index (χ1) is 10.1. The van der Waals surface area contributed by atoms with Crippen LogP contribution in [-0.4, -0.2) is 25.0 Å². The summed E-state index contributed by atoms with van der Waals surface area (Å²) in [5.74, 6) is -0.389. The molecule has 3 N–H and O–H groups in total. The van der Waals surface area contributed by atoms with E-state index < -0.39 is 5.41 Å². The van der Waals surface area contributed by atoms with E-state index in [-0.39, 0.29) is 11.9 Å². The lowest BCUT2D eigenvalue weighted by molar-refractivity contribution is -0.120. The molecule has 2 aliphatic rings. The number of ether oxygens (including phenoxy) is 1. The van der Waals surface area contributed by atoms with Gasteiger partial charge in [0.1, 0.15) is 5.00 Å². The Morgan fingerprint density at radius 1 is 1.38 bits per heavy atom. The highest BCUT2D eigenvalue weighted by Crippen LogP contribution is 2.47. The highest BCUT2D eigenvalue weighted by molar-refractivity contribution is 7.17. The highest BCUT2D eigenvalue weighted by atomic mass is 32.1. The summed E-state index contributed by atoms with van der Waals surface area (Å²) in [7, 11) is 0. The van der Waals surface area contributed by atoms with Gasteiger partial charge in [-0.25, -0.2) is 4.79 Å². The van der Waals surface area contributed by atoms with Gasteiger partial charge in [0.05, 0.1) is 17.6 Å². The molecule has 0 bridgehead atoms. The second-order valence-corrected chi connectivity index (χ2v) is 6.83. The number of hydrogen-bond acceptors (Lipinski definition) is 5. The average molecular weight is 308 g/mol. The first-order valence-electron chi connectivity index (χ1n) is 7.44. The van der Waals surface area contributed by atoms with Crippen molar-refractivity contribution < 1.29 is 14.3 Å². The van der Waals surface area contributed by atoms with Crippen LogP contribution in [0.25, 0.3) is 0 Å². The zero-order valence-corrected chi connectivity index (χ0v) is 13.0. The van der Waals surface area contributed by atoms with Crippen molar-refractivity contribution in [3.05, 3.63) is 16.0 Å². The number of fused-ring (bicyclic) bond motifs is 1. The second-order valence-electron chi connectivity index (χ2n) is 5.72. The van der Waals surface area contributed by atoms with Gasteiger partial charge < -0.3 is 15.8 Å². The van der Waals surface area contributed by atoms with Crippen molar-refractivity contribution in [3.8, 4) is 0 Å². The summed E-state index contributed by atoms with van der Waals surface area (Å²) in [6, 6.07) is 0. The summed E-state index contributed by atoms with van der Waals surface area (Å²) in [5, 5.41) is 3.57. The number of anilines is 1. The summed E-state index contributed by atoms with van der Waals surface area (Å²) < 4.78 is 5.15. The van der Waals surface area contributed by atoms with Crippen LogP contribution in [0, 0.1) is 5.41 Å². The van der Waals surface area contributed by atoms with E-state index in [1.54, 1.807) is 6.92 Å². The number of hydrogen-bond donors (Lipinski definition) is 2. The fraction of sp³-hybridized carbons (Fsp3) is 0.600. The predicted molar refractivity (Wildman–Crippen MR) is 81.7 cm³/mol.